The summed E-state index contributed by atoms with van der Waals surface area (Å²) in [5.41, 5.74) is 0.495. The van der Waals surface area contributed by atoms with E-state index in [1.807, 2.05) is 12.1 Å². The van der Waals surface area contributed by atoms with Crippen LogP contribution in [0.1, 0.15) is 29.8 Å². The molecule has 1 unspecified atom stereocenters. The summed E-state index contributed by atoms with van der Waals surface area (Å²) >= 11 is 0. The molecule has 0 radical (unpaired) electrons. The molecule has 1 saturated heterocycles. The van der Waals surface area contributed by atoms with Crippen LogP contribution in [0.5, 0.6) is 0 Å². The van der Waals surface area contributed by atoms with Crippen LogP contribution in [-0.4, -0.2) is 30.5 Å². The summed E-state index contributed by atoms with van der Waals surface area (Å²) in [4.78, 5) is 15.7. The van der Waals surface area contributed by atoms with Gasteiger partial charge in [-0.25, -0.2) is 0 Å². The Hall–Kier alpha value is -0.840. The number of hydrogen-bond acceptors (Lipinski definition) is 3. The third-order valence-electron chi connectivity index (χ3n) is 3.13. The molecule has 108 valence electrons. The van der Waals surface area contributed by atoms with Crippen molar-refractivity contribution in [2.75, 3.05) is 19.6 Å². The zero-order valence-corrected chi connectivity index (χ0v) is 12.4. The highest BCUT2D eigenvalue weighted by Crippen LogP contribution is 2.12. The van der Waals surface area contributed by atoms with Crippen molar-refractivity contribution in [3.05, 3.63) is 30.1 Å². The Bertz CT molecular complexity index is 356. The molecular formula is C13H21Cl2N3O. The van der Waals surface area contributed by atoms with Crippen molar-refractivity contribution in [2.45, 2.75) is 19.3 Å². The minimum absolute atomic E-state index is 0. The molecule has 19 heavy (non-hydrogen) atoms. The van der Waals surface area contributed by atoms with Crippen LogP contribution in [0.15, 0.2) is 24.4 Å². The third-order valence-corrected chi connectivity index (χ3v) is 3.13. The quantitative estimate of drug-likeness (QED) is 0.895. The molecule has 0 aromatic carbocycles. The van der Waals surface area contributed by atoms with E-state index in [9.17, 15) is 4.79 Å². The SMILES string of the molecule is Cl.Cl.O=C(NCCC1CCCNC1)c1ccccn1. The van der Waals surface area contributed by atoms with E-state index in [4.69, 9.17) is 0 Å². The predicted molar refractivity (Wildman–Crippen MR) is 81.3 cm³/mol. The Kier molecular flexibility index (Phi) is 9.57. The zero-order chi connectivity index (χ0) is 11.9. The first-order chi connectivity index (χ1) is 8.36. The Morgan fingerprint density at radius 3 is 2.89 bits per heavy atom. The average Bonchev–Trinajstić information content (AvgIpc) is 2.41. The topological polar surface area (TPSA) is 54.0 Å². The van der Waals surface area contributed by atoms with Gasteiger partial charge >= 0.3 is 0 Å². The van der Waals surface area contributed by atoms with Crippen molar-refractivity contribution in [1.29, 1.82) is 0 Å². The zero-order valence-electron chi connectivity index (χ0n) is 10.8. The summed E-state index contributed by atoms with van der Waals surface area (Å²) in [6.07, 6.45) is 5.21. The minimum atomic E-state index is -0.0747. The molecule has 1 atom stereocenters. The van der Waals surface area contributed by atoms with E-state index in [0.717, 1.165) is 26.1 Å². The second-order valence-corrected chi connectivity index (χ2v) is 4.47. The molecule has 2 heterocycles. The number of aromatic nitrogens is 1. The Morgan fingerprint density at radius 1 is 1.42 bits per heavy atom. The highest BCUT2D eigenvalue weighted by molar-refractivity contribution is 5.92. The lowest BCUT2D eigenvalue weighted by Gasteiger charge is -2.22. The molecule has 1 aliphatic heterocycles. The smallest absolute Gasteiger partial charge is 0.269 e. The van der Waals surface area contributed by atoms with E-state index < -0.39 is 0 Å². The first-order valence-electron chi connectivity index (χ1n) is 6.26. The van der Waals surface area contributed by atoms with Crippen LogP contribution in [0.4, 0.5) is 0 Å². The number of halogens is 2. The van der Waals surface area contributed by atoms with Gasteiger partial charge in [-0.3, -0.25) is 9.78 Å². The summed E-state index contributed by atoms with van der Waals surface area (Å²) in [6.45, 7) is 2.96. The van der Waals surface area contributed by atoms with E-state index in [1.54, 1.807) is 12.3 Å². The van der Waals surface area contributed by atoms with E-state index >= 15 is 0 Å². The van der Waals surface area contributed by atoms with Gasteiger partial charge < -0.3 is 10.6 Å². The predicted octanol–water partition coefficient (Wildman–Crippen LogP) is 2.04. The standard InChI is InChI=1S/C13H19N3O.2ClH/c17-13(12-5-1-2-8-15-12)16-9-6-11-4-3-7-14-10-11;;/h1-2,5,8,11,14H,3-4,6-7,9-10H2,(H,16,17);2*1H. The maximum atomic E-state index is 11.7. The minimum Gasteiger partial charge on any atom is -0.351 e. The molecule has 1 aliphatic rings. The molecule has 0 bridgehead atoms. The molecular weight excluding hydrogens is 285 g/mol. The normalized spacial score (nSPS) is 17.8. The number of piperidine rings is 1. The molecule has 2 rings (SSSR count). The van der Waals surface area contributed by atoms with E-state index in [0.29, 0.717) is 11.6 Å². The largest absolute Gasteiger partial charge is 0.351 e. The van der Waals surface area contributed by atoms with Crippen molar-refractivity contribution in [2.24, 2.45) is 5.92 Å². The van der Waals surface area contributed by atoms with E-state index in [2.05, 4.69) is 15.6 Å². The van der Waals surface area contributed by atoms with Crippen LogP contribution in [0.3, 0.4) is 0 Å². The van der Waals surface area contributed by atoms with Gasteiger partial charge in [0.2, 0.25) is 0 Å². The van der Waals surface area contributed by atoms with Gasteiger partial charge in [0.1, 0.15) is 5.69 Å². The monoisotopic (exact) mass is 305 g/mol. The van der Waals surface area contributed by atoms with Crippen molar-refractivity contribution < 1.29 is 4.79 Å². The van der Waals surface area contributed by atoms with Crippen LogP contribution in [-0.2, 0) is 0 Å². The second kappa shape index (κ2) is 10.0. The summed E-state index contributed by atoms with van der Waals surface area (Å²) in [5.74, 6) is 0.627. The number of carbonyl (C=O) groups excluding carboxylic acids is 1. The number of rotatable bonds is 4. The molecule has 2 N–H and O–H groups in total. The fourth-order valence-corrected chi connectivity index (χ4v) is 2.15. The lowest BCUT2D eigenvalue weighted by Crippen LogP contribution is -2.33. The molecule has 4 nitrogen and oxygen atoms in total. The number of carbonyl (C=O) groups is 1. The third kappa shape index (κ3) is 6.23. The highest BCUT2D eigenvalue weighted by Gasteiger charge is 2.13. The van der Waals surface area contributed by atoms with Crippen molar-refractivity contribution in [1.82, 2.24) is 15.6 Å². The lowest BCUT2D eigenvalue weighted by atomic mass is 9.96. The molecule has 6 heteroatoms. The molecule has 0 aliphatic carbocycles. The molecule has 0 saturated carbocycles. The first kappa shape index (κ1) is 18.2. The number of nitrogens with one attached hydrogen (secondary N) is 2. The summed E-state index contributed by atoms with van der Waals surface area (Å²) in [5, 5.41) is 6.30. The maximum Gasteiger partial charge on any atom is 0.269 e. The Balaban J connectivity index is 0.00000162. The molecule has 1 aromatic rings. The molecule has 1 fully saturated rings. The van der Waals surface area contributed by atoms with Crippen LogP contribution >= 0.6 is 24.8 Å². The number of amides is 1. The second-order valence-electron chi connectivity index (χ2n) is 4.47. The van der Waals surface area contributed by atoms with Crippen molar-refractivity contribution in [3.63, 3.8) is 0 Å². The van der Waals surface area contributed by atoms with Crippen molar-refractivity contribution in [3.8, 4) is 0 Å². The van der Waals surface area contributed by atoms with Crippen LogP contribution in [0, 0.1) is 5.92 Å². The first-order valence-corrected chi connectivity index (χ1v) is 6.26. The summed E-state index contributed by atoms with van der Waals surface area (Å²) < 4.78 is 0. The van der Waals surface area contributed by atoms with Gasteiger partial charge in [0.15, 0.2) is 0 Å². The van der Waals surface area contributed by atoms with E-state index in [1.165, 1.54) is 12.8 Å². The average molecular weight is 306 g/mol. The van der Waals surface area contributed by atoms with Gasteiger partial charge in [0, 0.05) is 12.7 Å². The van der Waals surface area contributed by atoms with Crippen molar-refractivity contribution >= 4 is 30.7 Å². The van der Waals surface area contributed by atoms with Crippen LogP contribution in [0.2, 0.25) is 0 Å². The maximum absolute atomic E-state index is 11.7. The number of nitrogens with zero attached hydrogens (tertiary/aromatic N) is 1. The fraction of sp³-hybridized carbons (Fsp3) is 0.538. The summed E-state index contributed by atoms with van der Waals surface area (Å²) in [6, 6.07) is 5.37. The molecule has 1 aromatic heterocycles. The molecule has 0 spiro atoms. The summed E-state index contributed by atoms with van der Waals surface area (Å²) in [7, 11) is 0. The highest BCUT2D eigenvalue weighted by atomic mass is 35.5. The van der Waals surface area contributed by atoms with Gasteiger partial charge in [0.25, 0.3) is 5.91 Å². The van der Waals surface area contributed by atoms with Gasteiger partial charge in [-0.15, -0.1) is 24.8 Å². The molecule has 1 amide bonds. The lowest BCUT2D eigenvalue weighted by molar-refractivity contribution is 0.0945. The van der Waals surface area contributed by atoms with Crippen LogP contribution < -0.4 is 10.6 Å². The van der Waals surface area contributed by atoms with E-state index in [-0.39, 0.29) is 30.7 Å². The van der Waals surface area contributed by atoms with Gasteiger partial charge in [0.05, 0.1) is 0 Å². The number of pyridine rings is 1. The van der Waals surface area contributed by atoms with Gasteiger partial charge in [-0.05, 0) is 50.4 Å². The Morgan fingerprint density at radius 2 is 2.26 bits per heavy atom. The van der Waals surface area contributed by atoms with Gasteiger partial charge in [-0.2, -0.15) is 0 Å². The van der Waals surface area contributed by atoms with Crippen LogP contribution in [0.25, 0.3) is 0 Å². The number of hydrogen-bond donors (Lipinski definition) is 2. The fourth-order valence-electron chi connectivity index (χ4n) is 2.15. The Labute approximate surface area is 126 Å². The van der Waals surface area contributed by atoms with Gasteiger partial charge in [-0.1, -0.05) is 6.07 Å².